The maximum atomic E-state index is 13.7. The first-order valence-electron chi connectivity index (χ1n) is 9.43. The smallest absolute Gasteiger partial charge is 0.355 e. The van der Waals surface area contributed by atoms with Crippen LogP contribution in [0.4, 0.5) is 33.5 Å². The van der Waals surface area contributed by atoms with Gasteiger partial charge in [0.1, 0.15) is 0 Å². The molecule has 164 valence electrons. The lowest BCUT2D eigenvalue weighted by molar-refractivity contribution is -0.142. The summed E-state index contributed by atoms with van der Waals surface area (Å²) in [5.74, 6) is -3.92. The molecule has 1 aromatic heterocycles. The molecule has 30 heavy (non-hydrogen) atoms. The molecule has 10 heteroatoms. The normalized spacial score (nSPS) is 12.0. The van der Waals surface area contributed by atoms with Gasteiger partial charge >= 0.3 is 6.18 Å². The summed E-state index contributed by atoms with van der Waals surface area (Å²) >= 11 is 0. The molecule has 0 saturated heterocycles. The number of carbonyl (C=O) groups is 1. The number of alkyl halides is 5. The lowest BCUT2D eigenvalue weighted by Gasteiger charge is -2.27. The molecule has 0 radical (unpaired) electrons. The summed E-state index contributed by atoms with van der Waals surface area (Å²) < 4.78 is 67.5. The van der Waals surface area contributed by atoms with Crippen molar-refractivity contribution in [3.05, 3.63) is 47.2 Å². The van der Waals surface area contributed by atoms with Gasteiger partial charge in [0, 0.05) is 31.6 Å². The van der Waals surface area contributed by atoms with Crippen molar-refractivity contribution in [2.75, 3.05) is 23.3 Å². The van der Waals surface area contributed by atoms with Crippen LogP contribution < -0.4 is 10.2 Å². The van der Waals surface area contributed by atoms with Crippen molar-refractivity contribution in [3.8, 4) is 0 Å². The molecule has 0 atom stereocenters. The maximum Gasteiger partial charge on any atom is 0.435 e. The highest BCUT2D eigenvalue weighted by Crippen LogP contribution is 2.34. The second-order valence-electron chi connectivity index (χ2n) is 6.73. The maximum absolute atomic E-state index is 13.7. The summed E-state index contributed by atoms with van der Waals surface area (Å²) in [6.07, 6.45) is -5.72. The van der Waals surface area contributed by atoms with Crippen molar-refractivity contribution in [1.82, 2.24) is 10.2 Å². The molecule has 0 unspecified atom stereocenters. The molecule has 1 aromatic carbocycles. The van der Waals surface area contributed by atoms with Crippen LogP contribution >= 0.6 is 0 Å². The molecular weight excluding hydrogens is 407 g/mol. The number of amides is 1. The van der Waals surface area contributed by atoms with Gasteiger partial charge in [-0.15, -0.1) is 10.2 Å². The van der Waals surface area contributed by atoms with Crippen molar-refractivity contribution in [2.45, 2.75) is 45.7 Å². The van der Waals surface area contributed by atoms with Crippen molar-refractivity contribution >= 4 is 17.4 Å². The standard InChI is InChI=1S/C20H23F5N4O/c1-4-19(21,22)11-12-29(5-2)17-15(13(3)16(27-28-17)20(23,24)25)18(30)26-14-9-7-6-8-10-14/h6-10H,4-5,11-12H2,1-3H3,(H,26,30). The topological polar surface area (TPSA) is 58.1 Å². The van der Waals surface area contributed by atoms with Gasteiger partial charge in [0.2, 0.25) is 5.92 Å². The third-order valence-corrected chi connectivity index (χ3v) is 4.67. The van der Waals surface area contributed by atoms with Gasteiger partial charge in [-0.1, -0.05) is 25.1 Å². The van der Waals surface area contributed by atoms with E-state index in [1.165, 1.54) is 11.8 Å². The van der Waals surface area contributed by atoms with E-state index in [1.54, 1.807) is 37.3 Å². The molecular formula is C20H23F5N4O. The summed E-state index contributed by atoms with van der Waals surface area (Å²) in [4.78, 5) is 14.2. The Hall–Kier alpha value is -2.78. The number of benzene rings is 1. The molecule has 0 aliphatic carbocycles. The first-order chi connectivity index (χ1) is 14.0. The number of anilines is 2. The zero-order valence-corrected chi connectivity index (χ0v) is 16.9. The van der Waals surface area contributed by atoms with Gasteiger partial charge in [-0.05, 0) is 31.5 Å². The molecule has 1 heterocycles. The quantitative estimate of drug-likeness (QED) is 0.576. The zero-order valence-electron chi connectivity index (χ0n) is 16.9. The first-order valence-corrected chi connectivity index (χ1v) is 9.43. The van der Waals surface area contributed by atoms with E-state index in [-0.39, 0.29) is 30.9 Å². The molecule has 0 fully saturated rings. The van der Waals surface area contributed by atoms with Crippen molar-refractivity contribution in [1.29, 1.82) is 0 Å². The van der Waals surface area contributed by atoms with Crippen LogP contribution in [0.25, 0.3) is 0 Å². The van der Waals surface area contributed by atoms with Crippen LogP contribution in [0.3, 0.4) is 0 Å². The van der Waals surface area contributed by atoms with Crippen LogP contribution in [0, 0.1) is 6.92 Å². The fourth-order valence-corrected chi connectivity index (χ4v) is 2.88. The lowest BCUT2D eigenvalue weighted by Crippen LogP contribution is -2.33. The molecule has 0 aliphatic rings. The van der Waals surface area contributed by atoms with Crippen LogP contribution in [0.2, 0.25) is 0 Å². The Balaban J connectivity index is 2.50. The van der Waals surface area contributed by atoms with Gasteiger partial charge < -0.3 is 10.2 Å². The van der Waals surface area contributed by atoms with Gasteiger partial charge in [-0.25, -0.2) is 8.78 Å². The number of nitrogens with zero attached hydrogens (tertiary/aromatic N) is 3. The minimum absolute atomic E-state index is 0.158. The summed E-state index contributed by atoms with van der Waals surface area (Å²) in [5, 5.41) is 9.40. The van der Waals surface area contributed by atoms with Crippen LogP contribution in [0.1, 0.15) is 48.3 Å². The van der Waals surface area contributed by atoms with E-state index in [2.05, 4.69) is 15.5 Å². The molecule has 5 nitrogen and oxygen atoms in total. The van der Waals surface area contributed by atoms with Gasteiger partial charge in [-0.3, -0.25) is 4.79 Å². The average Bonchev–Trinajstić information content (AvgIpc) is 2.68. The van der Waals surface area contributed by atoms with Crippen LogP contribution in [0.5, 0.6) is 0 Å². The molecule has 0 spiro atoms. The second kappa shape index (κ2) is 9.36. The fraction of sp³-hybridized carbons (Fsp3) is 0.450. The highest BCUT2D eigenvalue weighted by atomic mass is 19.4. The van der Waals surface area contributed by atoms with Gasteiger partial charge in [0.05, 0.1) is 5.56 Å². The Morgan fingerprint density at radius 3 is 2.23 bits per heavy atom. The van der Waals surface area contributed by atoms with Crippen molar-refractivity contribution in [3.63, 3.8) is 0 Å². The predicted molar refractivity (Wildman–Crippen MR) is 104 cm³/mol. The van der Waals surface area contributed by atoms with Crippen LogP contribution in [-0.4, -0.2) is 35.1 Å². The predicted octanol–water partition coefficient (Wildman–Crippen LogP) is 5.32. The molecule has 0 bridgehead atoms. The summed E-state index contributed by atoms with van der Waals surface area (Å²) in [5.41, 5.74) is -1.68. The highest BCUT2D eigenvalue weighted by molar-refractivity contribution is 6.08. The Kier molecular flexibility index (Phi) is 7.33. The molecule has 1 amide bonds. The Bertz CT molecular complexity index is 871. The fourth-order valence-electron chi connectivity index (χ4n) is 2.88. The van der Waals surface area contributed by atoms with Crippen molar-refractivity contribution < 1.29 is 26.7 Å². The number of halogens is 5. The number of nitrogens with one attached hydrogen (secondary N) is 1. The number of hydrogen-bond donors (Lipinski definition) is 1. The van der Waals surface area contributed by atoms with Crippen LogP contribution in [0.15, 0.2) is 30.3 Å². The minimum atomic E-state index is -4.82. The van der Waals surface area contributed by atoms with Gasteiger partial charge in [0.15, 0.2) is 11.5 Å². The number of para-hydroxylation sites is 1. The minimum Gasteiger partial charge on any atom is -0.355 e. The molecule has 2 rings (SSSR count). The third-order valence-electron chi connectivity index (χ3n) is 4.67. The van der Waals surface area contributed by atoms with Gasteiger partial charge in [-0.2, -0.15) is 13.2 Å². The molecule has 1 N–H and O–H groups in total. The van der Waals surface area contributed by atoms with Gasteiger partial charge in [0.25, 0.3) is 5.91 Å². The van der Waals surface area contributed by atoms with Crippen molar-refractivity contribution in [2.24, 2.45) is 0 Å². The van der Waals surface area contributed by atoms with E-state index in [0.717, 1.165) is 6.92 Å². The number of carbonyl (C=O) groups excluding carboxylic acids is 1. The lowest BCUT2D eigenvalue weighted by atomic mass is 10.1. The monoisotopic (exact) mass is 430 g/mol. The van der Waals surface area contributed by atoms with E-state index in [9.17, 15) is 26.7 Å². The Morgan fingerprint density at radius 1 is 1.07 bits per heavy atom. The number of rotatable bonds is 8. The van der Waals surface area contributed by atoms with E-state index >= 15 is 0 Å². The van der Waals surface area contributed by atoms with Crippen LogP contribution in [-0.2, 0) is 6.18 Å². The summed E-state index contributed by atoms with van der Waals surface area (Å²) in [7, 11) is 0. The number of aromatic nitrogens is 2. The molecule has 2 aromatic rings. The van der Waals surface area contributed by atoms with E-state index in [0.29, 0.717) is 5.69 Å². The summed E-state index contributed by atoms with van der Waals surface area (Å²) in [6.45, 7) is 4.07. The zero-order chi connectivity index (χ0) is 22.5. The Labute approximate surface area is 171 Å². The summed E-state index contributed by atoms with van der Waals surface area (Å²) in [6, 6.07) is 8.17. The molecule has 0 aliphatic heterocycles. The largest absolute Gasteiger partial charge is 0.435 e. The highest BCUT2D eigenvalue weighted by Gasteiger charge is 2.38. The first kappa shape index (κ1) is 23.5. The van der Waals surface area contributed by atoms with E-state index in [4.69, 9.17) is 0 Å². The second-order valence-corrected chi connectivity index (χ2v) is 6.73. The van der Waals surface area contributed by atoms with E-state index in [1.807, 2.05) is 0 Å². The average molecular weight is 430 g/mol. The number of hydrogen-bond acceptors (Lipinski definition) is 4. The Morgan fingerprint density at radius 2 is 1.70 bits per heavy atom. The third kappa shape index (κ3) is 5.64. The SMILES string of the molecule is CCN(CCC(F)(F)CC)c1nnc(C(F)(F)F)c(C)c1C(=O)Nc1ccccc1. The molecule has 0 saturated carbocycles. The van der Waals surface area contributed by atoms with E-state index < -0.39 is 35.7 Å².